The smallest absolute Gasteiger partial charge is 0.231 e. The van der Waals surface area contributed by atoms with Gasteiger partial charge < -0.3 is 10.0 Å². The molecule has 2 aliphatic rings. The predicted octanol–water partition coefficient (Wildman–Crippen LogP) is 3.98. The Hall–Kier alpha value is -0.0505. The molecule has 0 aliphatic heterocycles. The Balaban J connectivity index is 0.000000893. The average Bonchev–Trinajstić information content (AvgIpc) is 3.27. The molecule has 1 N–H and O–H groups in total. The topological polar surface area (TPSA) is 40.5 Å². The van der Waals surface area contributed by atoms with E-state index in [1.54, 1.807) is 0 Å². The second-order valence-corrected chi connectivity index (χ2v) is 6.95. The van der Waals surface area contributed by atoms with Gasteiger partial charge in [0.2, 0.25) is 5.91 Å². The van der Waals surface area contributed by atoms with E-state index >= 15 is 0 Å². The minimum atomic E-state index is -0.909. The summed E-state index contributed by atoms with van der Waals surface area (Å²) in [6, 6.07) is 0.281. The van der Waals surface area contributed by atoms with Crippen molar-refractivity contribution < 1.29 is 27.0 Å². The zero-order valence-electron chi connectivity index (χ0n) is 16.8. The number of amides is 1. The molecule has 0 aromatic carbocycles. The molecular formula is C22H33FeNO2. The molecule has 10 radical (unpaired) electrons. The van der Waals surface area contributed by atoms with Crippen LogP contribution in [0.4, 0.5) is 0 Å². The quantitative estimate of drug-likeness (QED) is 0.687. The first-order valence-electron chi connectivity index (χ1n) is 9.26. The first-order valence-corrected chi connectivity index (χ1v) is 9.26. The number of hydrogen-bond acceptors (Lipinski definition) is 2. The Morgan fingerprint density at radius 3 is 1.69 bits per heavy atom. The van der Waals surface area contributed by atoms with Crippen molar-refractivity contribution in [2.24, 2.45) is 0 Å². The summed E-state index contributed by atoms with van der Waals surface area (Å²) in [5.41, 5.74) is -0.909. The summed E-state index contributed by atoms with van der Waals surface area (Å²) >= 11 is 0. The Bertz CT molecular complexity index is 374. The van der Waals surface area contributed by atoms with Crippen LogP contribution in [-0.4, -0.2) is 33.6 Å². The SMILES string of the molecule is CCC(O)(CC)[C]1[CH][CH][CH][C]1C(=O)N(C(C)C)C(C)C.[CH]1[CH][CH][CH][CH]1.[Fe]. The Kier molecular flexibility index (Phi) is 12.4. The predicted molar refractivity (Wildman–Crippen MR) is 104 cm³/mol. The van der Waals surface area contributed by atoms with E-state index in [0.717, 1.165) is 5.92 Å². The van der Waals surface area contributed by atoms with Crippen LogP contribution in [0.25, 0.3) is 0 Å². The molecule has 2 fully saturated rings. The zero-order valence-corrected chi connectivity index (χ0v) is 17.9. The molecule has 0 bridgehead atoms. The Morgan fingerprint density at radius 1 is 0.923 bits per heavy atom. The molecular weight excluding hydrogens is 366 g/mol. The van der Waals surface area contributed by atoms with Crippen molar-refractivity contribution in [1.29, 1.82) is 0 Å². The molecule has 0 saturated heterocycles. The third-order valence-corrected chi connectivity index (χ3v) is 4.62. The second-order valence-electron chi connectivity index (χ2n) is 6.95. The van der Waals surface area contributed by atoms with Gasteiger partial charge in [0.25, 0.3) is 0 Å². The molecule has 0 atom stereocenters. The fourth-order valence-corrected chi connectivity index (χ4v) is 3.17. The van der Waals surface area contributed by atoms with E-state index in [1.165, 1.54) is 0 Å². The number of carbonyl (C=O) groups excluding carboxylic acids is 1. The van der Waals surface area contributed by atoms with Crippen LogP contribution in [-0.2, 0) is 21.9 Å². The van der Waals surface area contributed by atoms with Gasteiger partial charge in [0.1, 0.15) is 0 Å². The normalized spacial score (nSPS) is 18.7. The van der Waals surface area contributed by atoms with Crippen molar-refractivity contribution in [2.45, 2.75) is 72.1 Å². The van der Waals surface area contributed by atoms with Crippen LogP contribution in [0.15, 0.2) is 0 Å². The Morgan fingerprint density at radius 2 is 1.35 bits per heavy atom. The summed E-state index contributed by atoms with van der Waals surface area (Å²) in [6.07, 6.45) is 16.8. The molecule has 2 aliphatic carbocycles. The van der Waals surface area contributed by atoms with Gasteiger partial charge in [-0.15, -0.1) is 0 Å². The van der Waals surface area contributed by atoms with Crippen molar-refractivity contribution in [2.75, 3.05) is 0 Å². The maximum absolute atomic E-state index is 12.8. The first-order chi connectivity index (χ1) is 11.8. The molecule has 0 aromatic heterocycles. The monoisotopic (exact) mass is 399 g/mol. The fourth-order valence-electron chi connectivity index (χ4n) is 3.17. The molecule has 0 spiro atoms. The maximum Gasteiger partial charge on any atom is 0.231 e. The van der Waals surface area contributed by atoms with Crippen LogP contribution in [0, 0.1) is 63.2 Å². The van der Waals surface area contributed by atoms with Gasteiger partial charge in [-0.3, -0.25) is 4.79 Å². The summed E-state index contributed by atoms with van der Waals surface area (Å²) in [5, 5.41) is 10.7. The number of rotatable bonds is 6. The average molecular weight is 399 g/mol. The third-order valence-electron chi connectivity index (χ3n) is 4.62. The van der Waals surface area contributed by atoms with E-state index in [0.29, 0.717) is 18.8 Å². The molecule has 0 aromatic rings. The van der Waals surface area contributed by atoms with Crippen LogP contribution in [0.3, 0.4) is 0 Å². The van der Waals surface area contributed by atoms with Gasteiger partial charge >= 0.3 is 0 Å². The van der Waals surface area contributed by atoms with Gasteiger partial charge in [-0.25, -0.2) is 0 Å². The van der Waals surface area contributed by atoms with E-state index < -0.39 is 5.60 Å². The summed E-state index contributed by atoms with van der Waals surface area (Å²) in [6.45, 7) is 12.0. The molecule has 2 rings (SSSR count). The minimum absolute atomic E-state index is 0. The van der Waals surface area contributed by atoms with Gasteiger partial charge in [0.15, 0.2) is 0 Å². The molecule has 1 amide bonds. The summed E-state index contributed by atoms with van der Waals surface area (Å²) in [4.78, 5) is 14.7. The van der Waals surface area contributed by atoms with Gasteiger partial charge in [-0.05, 0) is 91.9 Å². The van der Waals surface area contributed by atoms with Gasteiger partial charge in [-0.2, -0.15) is 0 Å². The fraction of sp³-hybridized carbons (Fsp3) is 0.500. The van der Waals surface area contributed by atoms with Crippen molar-refractivity contribution in [3.05, 3.63) is 63.2 Å². The van der Waals surface area contributed by atoms with Crippen molar-refractivity contribution in [1.82, 2.24) is 4.90 Å². The molecule has 146 valence electrons. The third kappa shape index (κ3) is 6.84. The summed E-state index contributed by atoms with van der Waals surface area (Å²) in [5.74, 6) is 1.41. The Labute approximate surface area is 173 Å². The summed E-state index contributed by atoms with van der Waals surface area (Å²) in [7, 11) is 0. The maximum atomic E-state index is 12.8. The van der Waals surface area contributed by atoms with E-state index in [9.17, 15) is 9.90 Å². The second kappa shape index (κ2) is 12.4. The molecule has 26 heavy (non-hydrogen) atoms. The number of nitrogens with zero attached hydrogens (tertiary/aromatic N) is 1. The zero-order chi connectivity index (χ0) is 19.0. The van der Waals surface area contributed by atoms with Gasteiger partial charge in [0.05, 0.1) is 11.5 Å². The van der Waals surface area contributed by atoms with Gasteiger partial charge in [-0.1, -0.05) is 13.8 Å². The standard InChI is InChI=1S/C17H28NO2.C5H5.Fe/c1-7-17(20,8-2)15-11-9-10-14(15)16(19)18(12(3)4)13(5)6;1-2-4-5-3-1;/h9-13,20H,7-8H2,1-6H3;1-5H;. The number of aliphatic hydroxyl groups is 1. The number of carbonyl (C=O) groups is 1. The van der Waals surface area contributed by atoms with Crippen LogP contribution >= 0.6 is 0 Å². The molecule has 4 heteroatoms. The summed E-state index contributed by atoms with van der Waals surface area (Å²) < 4.78 is 0. The van der Waals surface area contributed by atoms with Crippen molar-refractivity contribution in [3.63, 3.8) is 0 Å². The van der Waals surface area contributed by atoms with Gasteiger partial charge in [0, 0.05) is 35.1 Å². The van der Waals surface area contributed by atoms with E-state index in [1.807, 2.05) is 97.8 Å². The molecule has 0 unspecified atom stereocenters. The minimum Gasteiger partial charge on any atom is -0.389 e. The number of hydrogen-bond donors (Lipinski definition) is 1. The molecule has 0 heterocycles. The molecule has 3 nitrogen and oxygen atoms in total. The van der Waals surface area contributed by atoms with E-state index in [-0.39, 0.29) is 35.1 Å². The van der Waals surface area contributed by atoms with Crippen LogP contribution in [0.5, 0.6) is 0 Å². The van der Waals surface area contributed by atoms with E-state index in [2.05, 4.69) is 0 Å². The van der Waals surface area contributed by atoms with Crippen molar-refractivity contribution in [3.8, 4) is 0 Å². The largest absolute Gasteiger partial charge is 0.389 e. The van der Waals surface area contributed by atoms with Crippen LogP contribution in [0.1, 0.15) is 54.4 Å². The molecule has 2 saturated carbocycles. The first kappa shape index (κ1) is 25.9. The van der Waals surface area contributed by atoms with E-state index in [4.69, 9.17) is 0 Å². The van der Waals surface area contributed by atoms with Crippen molar-refractivity contribution >= 4 is 5.91 Å². The van der Waals surface area contributed by atoms with Crippen LogP contribution in [0.2, 0.25) is 0 Å². The van der Waals surface area contributed by atoms with Crippen LogP contribution < -0.4 is 0 Å².